The largest absolute Gasteiger partial charge is 0.350 e. The summed E-state index contributed by atoms with van der Waals surface area (Å²) in [5.74, 6) is 0.760. The molecule has 0 atom stereocenters. The number of rotatable bonds is 5. The van der Waals surface area contributed by atoms with Crippen LogP contribution in [0.5, 0.6) is 0 Å². The molecule has 3 aromatic heterocycles. The third-order valence-electron chi connectivity index (χ3n) is 3.91. The maximum atomic E-state index is 12.2. The average molecular weight is 355 g/mol. The maximum Gasteiger partial charge on any atom is 0.271 e. The minimum atomic E-state index is -0.147. The summed E-state index contributed by atoms with van der Waals surface area (Å²) in [6.45, 7) is 2.97. The zero-order chi connectivity index (χ0) is 17.1. The molecule has 8 nitrogen and oxygen atoms in total. The van der Waals surface area contributed by atoms with Crippen LogP contribution in [-0.4, -0.2) is 43.5 Å². The van der Waals surface area contributed by atoms with Gasteiger partial charge in [0.2, 0.25) is 0 Å². The highest BCUT2D eigenvalue weighted by Crippen LogP contribution is 2.20. The van der Waals surface area contributed by atoms with E-state index < -0.39 is 0 Å². The van der Waals surface area contributed by atoms with Gasteiger partial charge in [0.1, 0.15) is 22.2 Å². The lowest BCUT2D eigenvalue weighted by molar-refractivity contribution is 0.0949. The molecule has 4 rings (SSSR count). The van der Waals surface area contributed by atoms with Crippen molar-refractivity contribution in [3.63, 3.8) is 0 Å². The summed E-state index contributed by atoms with van der Waals surface area (Å²) >= 11 is 1.53. The van der Waals surface area contributed by atoms with E-state index in [-0.39, 0.29) is 5.91 Å². The van der Waals surface area contributed by atoms with E-state index in [4.69, 9.17) is 0 Å². The summed E-state index contributed by atoms with van der Waals surface area (Å²) in [6.07, 6.45) is 7.46. The minimum Gasteiger partial charge on any atom is -0.350 e. The van der Waals surface area contributed by atoms with Crippen LogP contribution in [0.25, 0.3) is 10.7 Å². The standard InChI is InChI=1S/C16H17N7OS/c24-15(13-9-23-6-5-18-8-14(23)22-13)20-2-1-11-10-25-16(21-11)12-7-17-3-4-19-12/h3-4,7,9-10,18H,1-2,5-6,8H2,(H,20,24). The number of carbonyl (C=O) groups is 1. The molecule has 2 N–H and O–H groups in total. The molecular formula is C16H17N7OS. The van der Waals surface area contributed by atoms with Gasteiger partial charge in [-0.3, -0.25) is 14.8 Å². The average Bonchev–Trinajstić information content (AvgIpc) is 3.29. The Bertz CT molecular complexity index is 850. The van der Waals surface area contributed by atoms with Gasteiger partial charge in [0.15, 0.2) is 0 Å². The van der Waals surface area contributed by atoms with E-state index in [1.165, 1.54) is 11.3 Å². The lowest BCUT2D eigenvalue weighted by Gasteiger charge is -2.13. The molecule has 4 heterocycles. The van der Waals surface area contributed by atoms with Gasteiger partial charge in [-0.05, 0) is 0 Å². The summed E-state index contributed by atoms with van der Waals surface area (Å²) in [5, 5.41) is 8.97. The first-order valence-electron chi connectivity index (χ1n) is 8.05. The van der Waals surface area contributed by atoms with E-state index in [2.05, 4.69) is 30.6 Å². The zero-order valence-electron chi connectivity index (χ0n) is 13.5. The highest BCUT2D eigenvalue weighted by Gasteiger charge is 2.16. The van der Waals surface area contributed by atoms with Crippen molar-refractivity contribution < 1.29 is 4.79 Å². The number of hydrogen-bond donors (Lipinski definition) is 2. The molecule has 9 heteroatoms. The maximum absolute atomic E-state index is 12.2. The van der Waals surface area contributed by atoms with E-state index in [9.17, 15) is 4.79 Å². The number of amides is 1. The molecule has 128 valence electrons. The van der Waals surface area contributed by atoms with Crippen molar-refractivity contribution in [1.29, 1.82) is 0 Å². The van der Waals surface area contributed by atoms with Crippen molar-refractivity contribution in [3.05, 3.63) is 47.4 Å². The second-order valence-electron chi connectivity index (χ2n) is 5.65. The lowest BCUT2D eigenvalue weighted by atomic mass is 10.3. The number of aromatic nitrogens is 5. The SMILES string of the molecule is O=C(NCCc1csc(-c2cnccn2)n1)c1cn2c(n1)CNCC2. The molecule has 0 radical (unpaired) electrons. The number of fused-ring (bicyclic) bond motifs is 1. The fourth-order valence-corrected chi connectivity index (χ4v) is 3.46. The molecule has 0 bridgehead atoms. The van der Waals surface area contributed by atoms with Gasteiger partial charge in [0.05, 0.1) is 18.4 Å². The van der Waals surface area contributed by atoms with Gasteiger partial charge in [-0.2, -0.15) is 0 Å². The first-order chi connectivity index (χ1) is 12.3. The summed E-state index contributed by atoms with van der Waals surface area (Å²) in [6, 6.07) is 0. The Kier molecular flexibility index (Phi) is 4.49. The van der Waals surface area contributed by atoms with E-state index in [0.717, 1.165) is 35.3 Å². The fraction of sp³-hybridized carbons (Fsp3) is 0.312. The Balaban J connectivity index is 1.32. The molecule has 0 aromatic carbocycles. The van der Waals surface area contributed by atoms with Crippen LogP contribution in [0.4, 0.5) is 0 Å². The van der Waals surface area contributed by atoms with Gasteiger partial charge in [-0.15, -0.1) is 11.3 Å². The van der Waals surface area contributed by atoms with Gasteiger partial charge < -0.3 is 15.2 Å². The van der Waals surface area contributed by atoms with Crippen LogP contribution in [0.15, 0.2) is 30.2 Å². The van der Waals surface area contributed by atoms with Crippen molar-refractivity contribution in [2.45, 2.75) is 19.5 Å². The number of carbonyl (C=O) groups excluding carboxylic acids is 1. The van der Waals surface area contributed by atoms with Gasteiger partial charge in [-0.1, -0.05) is 0 Å². The van der Waals surface area contributed by atoms with Crippen LogP contribution in [0.1, 0.15) is 22.0 Å². The predicted molar refractivity (Wildman–Crippen MR) is 93.1 cm³/mol. The summed E-state index contributed by atoms with van der Waals surface area (Å²) in [7, 11) is 0. The molecule has 3 aromatic rings. The molecule has 0 unspecified atom stereocenters. The van der Waals surface area contributed by atoms with Crippen LogP contribution < -0.4 is 10.6 Å². The second-order valence-corrected chi connectivity index (χ2v) is 6.51. The molecule has 25 heavy (non-hydrogen) atoms. The van der Waals surface area contributed by atoms with Gasteiger partial charge in [0, 0.05) is 50.0 Å². The van der Waals surface area contributed by atoms with Crippen molar-refractivity contribution >= 4 is 17.2 Å². The Labute approximate surface area is 148 Å². The first kappa shape index (κ1) is 15.9. The Morgan fingerprint density at radius 2 is 2.32 bits per heavy atom. The first-order valence-corrected chi connectivity index (χ1v) is 8.93. The van der Waals surface area contributed by atoms with Crippen LogP contribution in [0.3, 0.4) is 0 Å². The van der Waals surface area contributed by atoms with Gasteiger partial charge >= 0.3 is 0 Å². The van der Waals surface area contributed by atoms with Crippen molar-refractivity contribution in [2.24, 2.45) is 0 Å². The van der Waals surface area contributed by atoms with Crippen LogP contribution in [-0.2, 0) is 19.5 Å². The number of thiazole rings is 1. The molecule has 1 aliphatic heterocycles. The molecular weight excluding hydrogens is 338 g/mol. The van der Waals surface area contributed by atoms with Gasteiger partial charge in [-0.25, -0.2) is 9.97 Å². The molecule has 1 amide bonds. The van der Waals surface area contributed by atoms with Crippen molar-refractivity contribution in [2.75, 3.05) is 13.1 Å². The predicted octanol–water partition coefficient (Wildman–Crippen LogP) is 0.872. The van der Waals surface area contributed by atoms with Crippen molar-refractivity contribution in [3.8, 4) is 10.7 Å². The summed E-state index contributed by atoms with van der Waals surface area (Å²) in [5.41, 5.74) is 2.16. The van der Waals surface area contributed by atoms with E-state index in [1.807, 2.05) is 16.1 Å². The zero-order valence-corrected chi connectivity index (χ0v) is 14.3. The van der Waals surface area contributed by atoms with Crippen molar-refractivity contribution in [1.82, 2.24) is 35.1 Å². The Morgan fingerprint density at radius 3 is 3.16 bits per heavy atom. The third kappa shape index (κ3) is 3.57. The van der Waals surface area contributed by atoms with E-state index in [1.54, 1.807) is 18.6 Å². The highest BCUT2D eigenvalue weighted by molar-refractivity contribution is 7.13. The quantitative estimate of drug-likeness (QED) is 0.705. The normalized spacial score (nSPS) is 13.4. The third-order valence-corrected chi connectivity index (χ3v) is 4.82. The number of hydrogen-bond acceptors (Lipinski definition) is 7. The second kappa shape index (κ2) is 7.08. The highest BCUT2D eigenvalue weighted by atomic mass is 32.1. The number of nitrogens with one attached hydrogen (secondary N) is 2. The van der Waals surface area contributed by atoms with E-state index in [0.29, 0.717) is 25.2 Å². The summed E-state index contributed by atoms with van der Waals surface area (Å²) in [4.78, 5) is 29.4. The van der Waals surface area contributed by atoms with Crippen LogP contribution in [0.2, 0.25) is 0 Å². The van der Waals surface area contributed by atoms with E-state index >= 15 is 0 Å². The molecule has 0 saturated carbocycles. The molecule has 0 saturated heterocycles. The van der Waals surface area contributed by atoms with Crippen LogP contribution in [0, 0.1) is 0 Å². The molecule has 0 spiro atoms. The van der Waals surface area contributed by atoms with Crippen LogP contribution >= 0.6 is 11.3 Å². The minimum absolute atomic E-state index is 0.147. The smallest absolute Gasteiger partial charge is 0.271 e. The molecule has 0 fully saturated rings. The molecule has 1 aliphatic rings. The lowest BCUT2D eigenvalue weighted by Crippen LogP contribution is -2.27. The Hall–Kier alpha value is -2.65. The summed E-state index contributed by atoms with van der Waals surface area (Å²) < 4.78 is 2.03. The van der Waals surface area contributed by atoms with Gasteiger partial charge in [0.25, 0.3) is 5.91 Å². The molecule has 0 aliphatic carbocycles. The number of nitrogens with zero attached hydrogens (tertiary/aromatic N) is 5. The number of imidazole rings is 1. The Morgan fingerprint density at radius 1 is 1.36 bits per heavy atom. The topological polar surface area (TPSA) is 97.6 Å². The monoisotopic (exact) mass is 355 g/mol. The fourth-order valence-electron chi connectivity index (χ4n) is 2.64.